The zero-order chi connectivity index (χ0) is 20.0. The monoisotopic (exact) mass is 393 g/mol. The van der Waals surface area contributed by atoms with Crippen LogP contribution in [0.4, 0.5) is 5.69 Å². The Labute approximate surface area is 160 Å². The summed E-state index contributed by atoms with van der Waals surface area (Å²) in [5, 5.41) is 5.81. The molecule has 1 atom stereocenters. The lowest BCUT2D eigenvalue weighted by atomic mass is 10.2. The summed E-state index contributed by atoms with van der Waals surface area (Å²) in [6, 6.07) is 8.42. The van der Waals surface area contributed by atoms with Crippen molar-refractivity contribution in [1.29, 1.82) is 0 Å². The van der Waals surface area contributed by atoms with Gasteiger partial charge in [0.15, 0.2) is 0 Å². The zero-order valence-electron chi connectivity index (χ0n) is 16.2. The number of furan rings is 1. The van der Waals surface area contributed by atoms with Gasteiger partial charge in [-0.25, -0.2) is 8.42 Å². The Hall–Kier alpha value is -2.16. The number of aryl methyl sites for hydroxylation is 1. The maximum atomic E-state index is 12.8. The van der Waals surface area contributed by atoms with E-state index in [9.17, 15) is 13.2 Å². The number of anilines is 1. The van der Waals surface area contributed by atoms with E-state index in [0.717, 1.165) is 5.76 Å². The Kier molecular flexibility index (Phi) is 7.18. The number of amides is 1. The highest BCUT2D eigenvalue weighted by molar-refractivity contribution is 7.89. The SMILES string of the molecule is CCN(CC)S(=O)(=O)c1cc(NC(=O)CN[C@H](C)c2ccco2)ccc1C. The standard InChI is InChI=1S/C19H27N3O4S/c1-5-22(6-2)27(24,25)18-12-16(10-9-14(18)3)21-19(23)13-20-15(4)17-8-7-11-26-17/h7-12,15,20H,5-6,13H2,1-4H3,(H,21,23)/t15-/m1/s1. The van der Waals surface area contributed by atoms with Crippen molar-refractivity contribution in [1.82, 2.24) is 9.62 Å². The number of carbonyl (C=O) groups is 1. The van der Waals surface area contributed by atoms with Crippen molar-refractivity contribution in [2.75, 3.05) is 25.0 Å². The van der Waals surface area contributed by atoms with Crippen molar-refractivity contribution in [2.45, 2.75) is 38.6 Å². The molecular formula is C19H27N3O4S. The minimum atomic E-state index is -3.59. The van der Waals surface area contributed by atoms with Gasteiger partial charge >= 0.3 is 0 Å². The first kappa shape index (κ1) is 21.1. The van der Waals surface area contributed by atoms with E-state index in [1.54, 1.807) is 45.2 Å². The minimum absolute atomic E-state index is 0.0773. The molecule has 2 aromatic rings. The maximum Gasteiger partial charge on any atom is 0.243 e. The van der Waals surface area contributed by atoms with Gasteiger partial charge in [-0.2, -0.15) is 4.31 Å². The lowest BCUT2D eigenvalue weighted by Gasteiger charge is -2.20. The second-order valence-corrected chi connectivity index (χ2v) is 8.14. The average molecular weight is 394 g/mol. The summed E-state index contributed by atoms with van der Waals surface area (Å²) in [5.41, 5.74) is 1.09. The number of sulfonamides is 1. The van der Waals surface area contributed by atoms with Gasteiger partial charge in [0.05, 0.1) is 23.7 Å². The topological polar surface area (TPSA) is 91.7 Å². The van der Waals surface area contributed by atoms with Crippen LogP contribution in [0.15, 0.2) is 45.9 Å². The van der Waals surface area contributed by atoms with Crippen LogP contribution in [0.1, 0.15) is 38.1 Å². The van der Waals surface area contributed by atoms with Gasteiger partial charge in [-0.3, -0.25) is 10.1 Å². The normalized spacial score (nSPS) is 12.9. The zero-order valence-corrected chi connectivity index (χ0v) is 17.0. The summed E-state index contributed by atoms with van der Waals surface area (Å²) in [4.78, 5) is 12.4. The average Bonchev–Trinajstić information content (AvgIpc) is 3.16. The van der Waals surface area contributed by atoms with Crippen LogP contribution < -0.4 is 10.6 Å². The van der Waals surface area contributed by atoms with Crippen LogP contribution in [0.2, 0.25) is 0 Å². The number of hydrogen-bond donors (Lipinski definition) is 2. The summed E-state index contributed by atoms with van der Waals surface area (Å²) >= 11 is 0. The fourth-order valence-electron chi connectivity index (χ4n) is 2.75. The second-order valence-electron chi connectivity index (χ2n) is 6.24. The molecule has 148 valence electrons. The van der Waals surface area contributed by atoms with Crippen molar-refractivity contribution in [3.05, 3.63) is 47.9 Å². The third-order valence-corrected chi connectivity index (χ3v) is 6.53. The van der Waals surface area contributed by atoms with E-state index in [0.29, 0.717) is 24.3 Å². The molecule has 0 aliphatic rings. The summed E-state index contributed by atoms with van der Waals surface area (Å²) < 4.78 is 32.3. The third kappa shape index (κ3) is 5.18. The quantitative estimate of drug-likeness (QED) is 0.683. The fourth-order valence-corrected chi connectivity index (χ4v) is 4.46. The van der Waals surface area contributed by atoms with Gasteiger partial charge in [0.25, 0.3) is 0 Å². The molecule has 0 saturated heterocycles. The van der Waals surface area contributed by atoms with Crippen LogP contribution in [-0.2, 0) is 14.8 Å². The van der Waals surface area contributed by atoms with E-state index in [-0.39, 0.29) is 23.4 Å². The highest BCUT2D eigenvalue weighted by Gasteiger charge is 2.24. The Morgan fingerprint density at radius 2 is 1.93 bits per heavy atom. The molecule has 2 rings (SSSR count). The Balaban J connectivity index is 2.08. The van der Waals surface area contributed by atoms with Crippen LogP contribution in [0.3, 0.4) is 0 Å². The Morgan fingerprint density at radius 3 is 2.52 bits per heavy atom. The van der Waals surface area contributed by atoms with Crippen LogP contribution in [-0.4, -0.2) is 38.3 Å². The van der Waals surface area contributed by atoms with Crippen molar-refractivity contribution in [3.63, 3.8) is 0 Å². The molecule has 0 fully saturated rings. The molecule has 1 aromatic carbocycles. The summed E-state index contributed by atoms with van der Waals surface area (Å²) in [6.45, 7) is 8.10. The first-order chi connectivity index (χ1) is 12.8. The minimum Gasteiger partial charge on any atom is -0.468 e. The smallest absolute Gasteiger partial charge is 0.243 e. The van der Waals surface area contributed by atoms with E-state index < -0.39 is 10.0 Å². The molecule has 2 N–H and O–H groups in total. The molecule has 0 saturated carbocycles. The molecule has 1 heterocycles. The molecule has 27 heavy (non-hydrogen) atoms. The molecule has 0 spiro atoms. The molecule has 1 amide bonds. The third-order valence-electron chi connectivity index (χ3n) is 4.33. The molecule has 0 bridgehead atoms. The van der Waals surface area contributed by atoms with Crippen molar-refractivity contribution < 1.29 is 17.6 Å². The van der Waals surface area contributed by atoms with Gasteiger partial charge in [0.1, 0.15) is 5.76 Å². The number of nitrogens with zero attached hydrogens (tertiary/aromatic N) is 1. The number of carbonyl (C=O) groups excluding carboxylic acids is 1. The van der Waals surface area contributed by atoms with E-state index in [4.69, 9.17) is 4.42 Å². The van der Waals surface area contributed by atoms with Gasteiger partial charge < -0.3 is 9.73 Å². The molecule has 7 nitrogen and oxygen atoms in total. The van der Waals surface area contributed by atoms with Crippen LogP contribution in [0, 0.1) is 6.92 Å². The number of nitrogens with one attached hydrogen (secondary N) is 2. The van der Waals surface area contributed by atoms with E-state index in [2.05, 4.69) is 10.6 Å². The molecule has 0 aliphatic heterocycles. The number of benzene rings is 1. The van der Waals surface area contributed by atoms with Crippen molar-refractivity contribution >= 4 is 21.6 Å². The maximum absolute atomic E-state index is 12.8. The molecule has 0 radical (unpaired) electrons. The summed E-state index contributed by atoms with van der Waals surface area (Å²) in [6.07, 6.45) is 1.58. The van der Waals surface area contributed by atoms with Crippen molar-refractivity contribution in [2.24, 2.45) is 0 Å². The highest BCUT2D eigenvalue weighted by atomic mass is 32.2. The Bertz CT molecular complexity index is 859. The highest BCUT2D eigenvalue weighted by Crippen LogP contribution is 2.23. The molecular weight excluding hydrogens is 366 g/mol. The molecule has 0 aliphatic carbocycles. The van der Waals surface area contributed by atoms with Crippen LogP contribution in [0.5, 0.6) is 0 Å². The molecule has 1 aromatic heterocycles. The summed E-state index contributed by atoms with van der Waals surface area (Å²) in [7, 11) is -3.59. The van der Waals surface area contributed by atoms with E-state index in [1.165, 1.54) is 10.4 Å². The number of hydrogen-bond acceptors (Lipinski definition) is 5. The van der Waals surface area contributed by atoms with Gasteiger partial charge in [-0.15, -0.1) is 0 Å². The number of rotatable bonds is 9. The van der Waals surface area contributed by atoms with Gasteiger partial charge in [-0.1, -0.05) is 19.9 Å². The first-order valence-electron chi connectivity index (χ1n) is 8.97. The largest absolute Gasteiger partial charge is 0.468 e. The molecule has 8 heteroatoms. The first-order valence-corrected chi connectivity index (χ1v) is 10.4. The van der Waals surface area contributed by atoms with Gasteiger partial charge in [0, 0.05) is 18.8 Å². The van der Waals surface area contributed by atoms with Crippen LogP contribution in [0.25, 0.3) is 0 Å². The summed E-state index contributed by atoms with van der Waals surface area (Å²) in [5.74, 6) is 0.481. The lowest BCUT2D eigenvalue weighted by molar-refractivity contribution is -0.115. The second kappa shape index (κ2) is 9.16. The van der Waals surface area contributed by atoms with E-state index >= 15 is 0 Å². The Morgan fingerprint density at radius 1 is 1.22 bits per heavy atom. The van der Waals surface area contributed by atoms with Crippen LogP contribution >= 0.6 is 0 Å². The van der Waals surface area contributed by atoms with Crippen molar-refractivity contribution in [3.8, 4) is 0 Å². The molecule has 0 unspecified atom stereocenters. The fraction of sp³-hybridized carbons (Fsp3) is 0.421. The predicted molar refractivity (Wildman–Crippen MR) is 105 cm³/mol. The lowest BCUT2D eigenvalue weighted by Crippen LogP contribution is -2.31. The predicted octanol–water partition coefficient (Wildman–Crippen LogP) is 2.91. The van der Waals surface area contributed by atoms with Gasteiger partial charge in [-0.05, 0) is 43.7 Å². The van der Waals surface area contributed by atoms with E-state index in [1.807, 2.05) is 13.0 Å². The van der Waals surface area contributed by atoms with Gasteiger partial charge in [0.2, 0.25) is 15.9 Å².